The molecular weight excluding hydrogens is 286 g/mol. The van der Waals surface area contributed by atoms with Gasteiger partial charge < -0.3 is 10.5 Å². The molecule has 0 atom stereocenters. The van der Waals surface area contributed by atoms with E-state index in [0.717, 1.165) is 17.2 Å². The summed E-state index contributed by atoms with van der Waals surface area (Å²) in [6, 6.07) is 18.8. The van der Waals surface area contributed by atoms with E-state index < -0.39 is 0 Å². The molecule has 0 bridgehead atoms. The number of para-hydroxylation sites is 1. The number of benzene rings is 3. The Balaban J connectivity index is 2.20. The largest absolute Gasteiger partial charge is 0.493 e. The van der Waals surface area contributed by atoms with Gasteiger partial charge in [-0.05, 0) is 35.4 Å². The van der Waals surface area contributed by atoms with E-state index in [1.54, 1.807) is 12.1 Å². The Bertz CT molecular complexity index is 855. The first-order valence-corrected chi connectivity index (χ1v) is 7.76. The number of ether oxygens (including phenoxy) is 1. The van der Waals surface area contributed by atoms with Crippen LogP contribution in [0.1, 0.15) is 29.3 Å². The van der Waals surface area contributed by atoms with Crippen LogP contribution in [0.15, 0.2) is 60.7 Å². The van der Waals surface area contributed by atoms with Crippen LogP contribution >= 0.6 is 0 Å². The highest BCUT2D eigenvalue weighted by atomic mass is 16.5. The number of fused-ring (bicyclic) bond motifs is 1. The summed E-state index contributed by atoms with van der Waals surface area (Å²) in [5.74, 6) is 0.504. The third-order valence-corrected chi connectivity index (χ3v) is 3.78. The van der Waals surface area contributed by atoms with Gasteiger partial charge in [0.05, 0.1) is 12.2 Å². The predicted molar refractivity (Wildman–Crippen MR) is 94.0 cm³/mol. The van der Waals surface area contributed by atoms with Crippen LogP contribution in [0.2, 0.25) is 0 Å². The molecule has 0 spiro atoms. The zero-order chi connectivity index (χ0) is 16.2. The van der Waals surface area contributed by atoms with Crippen molar-refractivity contribution in [3.8, 4) is 5.75 Å². The fraction of sp³-hybridized carbons (Fsp3) is 0.150. The quantitative estimate of drug-likeness (QED) is 0.560. The van der Waals surface area contributed by atoms with Crippen LogP contribution < -0.4 is 10.5 Å². The lowest BCUT2D eigenvalue weighted by Crippen LogP contribution is -2.09. The van der Waals surface area contributed by atoms with Gasteiger partial charge in [-0.15, -0.1) is 0 Å². The normalized spacial score (nSPS) is 10.7. The first kappa shape index (κ1) is 15.1. The molecule has 0 aliphatic heterocycles. The van der Waals surface area contributed by atoms with Gasteiger partial charge >= 0.3 is 0 Å². The van der Waals surface area contributed by atoms with Crippen molar-refractivity contribution in [2.75, 3.05) is 12.3 Å². The van der Waals surface area contributed by atoms with Crippen molar-refractivity contribution in [2.45, 2.75) is 13.3 Å². The van der Waals surface area contributed by atoms with E-state index in [2.05, 4.69) is 0 Å². The van der Waals surface area contributed by atoms with Crippen molar-refractivity contribution >= 4 is 22.2 Å². The van der Waals surface area contributed by atoms with Crippen LogP contribution in [-0.2, 0) is 0 Å². The Labute approximate surface area is 135 Å². The molecule has 0 radical (unpaired) electrons. The van der Waals surface area contributed by atoms with Crippen molar-refractivity contribution in [3.63, 3.8) is 0 Å². The molecule has 23 heavy (non-hydrogen) atoms. The number of carbonyl (C=O) groups excluding carboxylic acids is 1. The van der Waals surface area contributed by atoms with Crippen LogP contribution in [0.5, 0.6) is 5.75 Å². The molecule has 3 nitrogen and oxygen atoms in total. The van der Waals surface area contributed by atoms with Gasteiger partial charge in [0.2, 0.25) is 0 Å². The molecule has 0 saturated heterocycles. The second kappa shape index (κ2) is 6.53. The van der Waals surface area contributed by atoms with E-state index in [0.29, 0.717) is 29.2 Å². The average molecular weight is 305 g/mol. The van der Waals surface area contributed by atoms with Gasteiger partial charge in [-0.1, -0.05) is 49.4 Å². The van der Waals surface area contributed by atoms with Gasteiger partial charge in [0.25, 0.3) is 0 Å². The molecule has 0 aliphatic rings. The third-order valence-electron chi connectivity index (χ3n) is 3.78. The smallest absolute Gasteiger partial charge is 0.199 e. The van der Waals surface area contributed by atoms with Crippen LogP contribution in [0, 0.1) is 0 Å². The van der Waals surface area contributed by atoms with Crippen LogP contribution in [0.4, 0.5) is 5.69 Å². The lowest BCUT2D eigenvalue weighted by molar-refractivity contribution is 0.103. The van der Waals surface area contributed by atoms with Gasteiger partial charge in [0, 0.05) is 11.3 Å². The monoisotopic (exact) mass is 305 g/mol. The van der Waals surface area contributed by atoms with Crippen molar-refractivity contribution in [1.29, 1.82) is 0 Å². The second-order valence-electron chi connectivity index (χ2n) is 5.42. The lowest BCUT2D eigenvalue weighted by atomic mass is 9.95. The van der Waals surface area contributed by atoms with E-state index >= 15 is 0 Å². The summed E-state index contributed by atoms with van der Waals surface area (Å²) in [6.07, 6.45) is 0.883. The van der Waals surface area contributed by atoms with Crippen molar-refractivity contribution in [2.24, 2.45) is 0 Å². The van der Waals surface area contributed by atoms with Gasteiger partial charge in [-0.3, -0.25) is 4.79 Å². The molecule has 0 aliphatic carbocycles. The summed E-state index contributed by atoms with van der Waals surface area (Å²) in [7, 11) is 0. The van der Waals surface area contributed by atoms with Crippen molar-refractivity contribution in [1.82, 2.24) is 0 Å². The number of hydrogen-bond acceptors (Lipinski definition) is 3. The maximum atomic E-state index is 13.1. The Morgan fingerprint density at radius 1 is 1.00 bits per heavy atom. The number of rotatable bonds is 5. The summed E-state index contributed by atoms with van der Waals surface area (Å²) in [4.78, 5) is 13.1. The van der Waals surface area contributed by atoms with Crippen molar-refractivity contribution in [3.05, 3.63) is 71.8 Å². The molecule has 0 saturated carbocycles. The van der Waals surface area contributed by atoms with E-state index in [1.165, 1.54) is 0 Å². The van der Waals surface area contributed by atoms with E-state index in [9.17, 15) is 4.79 Å². The highest BCUT2D eigenvalue weighted by Crippen LogP contribution is 2.31. The fourth-order valence-electron chi connectivity index (χ4n) is 2.66. The summed E-state index contributed by atoms with van der Waals surface area (Å²) in [5, 5.41) is 1.89. The van der Waals surface area contributed by atoms with Gasteiger partial charge in [-0.2, -0.15) is 0 Å². The summed E-state index contributed by atoms with van der Waals surface area (Å²) < 4.78 is 5.82. The van der Waals surface area contributed by atoms with Crippen LogP contribution in [-0.4, -0.2) is 12.4 Å². The highest BCUT2D eigenvalue weighted by molar-refractivity contribution is 6.20. The maximum absolute atomic E-state index is 13.1. The van der Waals surface area contributed by atoms with Gasteiger partial charge in [0.1, 0.15) is 5.75 Å². The Kier molecular flexibility index (Phi) is 4.29. The Morgan fingerprint density at radius 2 is 1.74 bits per heavy atom. The molecule has 3 aromatic rings. The molecular formula is C20H19NO2. The minimum absolute atomic E-state index is 0.106. The van der Waals surface area contributed by atoms with Gasteiger partial charge in [0.15, 0.2) is 5.78 Å². The second-order valence-corrected chi connectivity index (χ2v) is 5.42. The summed E-state index contributed by atoms with van der Waals surface area (Å²) in [5.41, 5.74) is 7.55. The number of anilines is 1. The Hall–Kier alpha value is -2.81. The van der Waals surface area contributed by atoms with E-state index in [4.69, 9.17) is 10.5 Å². The topological polar surface area (TPSA) is 52.3 Å². The molecule has 3 heteroatoms. The molecule has 0 heterocycles. The lowest BCUT2D eigenvalue weighted by Gasteiger charge is -2.14. The summed E-state index contributed by atoms with van der Waals surface area (Å²) in [6.45, 7) is 2.61. The average Bonchev–Trinajstić information content (AvgIpc) is 2.59. The third kappa shape index (κ3) is 2.90. The van der Waals surface area contributed by atoms with Gasteiger partial charge in [-0.25, -0.2) is 0 Å². The fourth-order valence-corrected chi connectivity index (χ4v) is 2.66. The first-order valence-electron chi connectivity index (χ1n) is 7.76. The number of carbonyl (C=O) groups is 1. The summed E-state index contributed by atoms with van der Waals surface area (Å²) >= 11 is 0. The van der Waals surface area contributed by atoms with E-state index in [-0.39, 0.29) is 5.78 Å². The number of ketones is 1. The molecule has 0 aromatic heterocycles. The van der Waals surface area contributed by atoms with Crippen LogP contribution in [0.3, 0.4) is 0 Å². The number of nitrogen functional groups attached to an aromatic ring is 1. The first-order chi connectivity index (χ1) is 11.2. The zero-order valence-electron chi connectivity index (χ0n) is 13.1. The molecule has 3 aromatic carbocycles. The number of hydrogen-bond donors (Lipinski definition) is 1. The Morgan fingerprint density at radius 3 is 2.52 bits per heavy atom. The molecule has 3 rings (SSSR count). The zero-order valence-corrected chi connectivity index (χ0v) is 13.1. The van der Waals surface area contributed by atoms with Crippen LogP contribution in [0.25, 0.3) is 10.8 Å². The predicted octanol–water partition coefficient (Wildman–Crippen LogP) is 4.44. The number of nitrogens with two attached hydrogens (primary N) is 1. The van der Waals surface area contributed by atoms with Crippen molar-refractivity contribution < 1.29 is 9.53 Å². The van der Waals surface area contributed by atoms with E-state index in [1.807, 2.05) is 55.5 Å². The molecule has 0 amide bonds. The SMILES string of the molecule is CCCOc1ccc2ccccc2c1C(=O)c1ccccc1N. The highest BCUT2D eigenvalue weighted by Gasteiger charge is 2.19. The molecule has 116 valence electrons. The molecule has 0 fully saturated rings. The minimum atomic E-state index is -0.106. The molecule has 0 unspecified atom stereocenters. The minimum Gasteiger partial charge on any atom is -0.493 e. The molecule has 2 N–H and O–H groups in total. The maximum Gasteiger partial charge on any atom is 0.199 e. The standard InChI is InChI=1S/C20H19NO2/c1-2-13-23-18-12-11-14-7-3-4-8-15(14)19(18)20(22)16-9-5-6-10-17(16)21/h3-12H,2,13,21H2,1H3.